The number of ether oxygens (including phenoxy) is 5. The van der Waals surface area contributed by atoms with Crippen LogP contribution in [0.4, 0.5) is 4.79 Å². The lowest BCUT2D eigenvalue weighted by atomic mass is 9.96. The van der Waals surface area contributed by atoms with Crippen molar-refractivity contribution in [3.8, 4) is 0 Å². The third-order valence-electron chi connectivity index (χ3n) is 3.37. The first-order valence-electron chi connectivity index (χ1n) is 8.11. The lowest BCUT2D eigenvalue weighted by Crippen LogP contribution is -2.66. The van der Waals surface area contributed by atoms with Crippen LogP contribution in [-0.2, 0) is 38.1 Å². The Labute approximate surface area is 180 Å². The van der Waals surface area contributed by atoms with Crippen molar-refractivity contribution in [3.63, 3.8) is 0 Å². The summed E-state index contributed by atoms with van der Waals surface area (Å²) in [6.45, 7) is 2.23. The molecule has 1 heterocycles. The summed E-state index contributed by atoms with van der Waals surface area (Å²) in [5.74, 6) is -2.25. The number of carbonyl (C=O) groups is 4. The minimum atomic E-state index is -1.89. The van der Waals surface area contributed by atoms with Crippen LogP contribution in [-0.4, -0.2) is 76.8 Å². The highest BCUT2D eigenvalue weighted by atomic mass is 35.6. The van der Waals surface area contributed by atoms with Gasteiger partial charge in [0.15, 0.2) is 18.5 Å². The van der Waals surface area contributed by atoms with Crippen LogP contribution in [0.3, 0.4) is 0 Å². The van der Waals surface area contributed by atoms with Gasteiger partial charge in [0.2, 0.25) is 3.79 Å². The first-order valence-corrected chi connectivity index (χ1v) is 9.25. The molecule has 1 amide bonds. The summed E-state index contributed by atoms with van der Waals surface area (Å²) in [4.78, 5) is 46.1. The number of aliphatic hydroxyl groups is 1. The maximum Gasteiger partial charge on any atom is 0.407 e. The molecule has 0 spiro atoms. The van der Waals surface area contributed by atoms with Crippen LogP contribution in [0.2, 0.25) is 0 Å². The van der Waals surface area contributed by atoms with Gasteiger partial charge in [-0.05, 0) is 0 Å². The second kappa shape index (κ2) is 11.0. The average Bonchev–Trinajstić information content (AvgIpc) is 2.55. The highest BCUT2D eigenvalue weighted by molar-refractivity contribution is 6.67. The van der Waals surface area contributed by atoms with Gasteiger partial charge in [-0.3, -0.25) is 14.4 Å². The molecule has 1 aliphatic heterocycles. The Morgan fingerprint density at radius 2 is 1.52 bits per heavy atom. The molecule has 0 aromatic rings. The molecule has 0 radical (unpaired) electrons. The van der Waals surface area contributed by atoms with E-state index < -0.39 is 71.7 Å². The monoisotopic (exact) mass is 479 g/mol. The van der Waals surface area contributed by atoms with Gasteiger partial charge in [-0.25, -0.2) is 4.79 Å². The fourth-order valence-corrected chi connectivity index (χ4v) is 2.56. The number of rotatable bonds is 6. The summed E-state index contributed by atoms with van der Waals surface area (Å²) in [7, 11) is 0. The molecule has 1 rings (SSSR count). The van der Waals surface area contributed by atoms with Gasteiger partial charge in [0.1, 0.15) is 25.4 Å². The number of halogens is 3. The highest BCUT2D eigenvalue weighted by Crippen LogP contribution is 2.27. The zero-order valence-electron chi connectivity index (χ0n) is 15.6. The van der Waals surface area contributed by atoms with Crippen LogP contribution in [0.25, 0.3) is 0 Å². The number of hydrogen-bond acceptors (Lipinski definition) is 10. The van der Waals surface area contributed by atoms with Crippen LogP contribution >= 0.6 is 34.8 Å². The Kier molecular flexibility index (Phi) is 9.69. The van der Waals surface area contributed by atoms with E-state index >= 15 is 0 Å². The third-order valence-corrected chi connectivity index (χ3v) is 3.70. The largest absolute Gasteiger partial charge is 0.463 e. The van der Waals surface area contributed by atoms with Crippen molar-refractivity contribution in [2.24, 2.45) is 0 Å². The van der Waals surface area contributed by atoms with E-state index in [0.29, 0.717) is 0 Å². The van der Waals surface area contributed by atoms with Gasteiger partial charge < -0.3 is 34.1 Å². The molecule has 14 heteroatoms. The second-order valence-electron chi connectivity index (χ2n) is 5.88. The number of esters is 3. The lowest BCUT2D eigenvalue weighted by molar-refractivity contribution is -0.264. The van der Waals surface area contributed by atoms with Gasteiger partial charge in [-0.15, -0.1) is 0 Å². The van der Waals surface area contributed by atoms with E-state index in [2.05, 4.69) is 5.32 Å². The zero-order valence-corrected chi connectivity index (χ0v) is 17.8. The lowest BCUT2D eigenvalue weighted by Gasteiger charge is -2.43. The summed E-state index contributed by atoms with van der Waals surface area (Å²) in [6, 6.07) is -1.43. The number of nitrogens with one attached hydrogen (secondary N) is 1. The minimum absolute atomic E-state index is 0.424. The van der Waals surface area contributed by atoms with Crippen LogP contribution in [0.1, 0.15) is 20.8 Å². The summed E-state index contributed by atoms with van der Waals surface area (Å²) in [5, 5.41) is 12.5. The Hall–Kier alpha value is -1.53. The van der Waals surface area contributed by atoms with E-state index in [9.17, 15) is 24.3 Å². The van der Waals surface area contributed by atoms with Gasteiger partial charge in [0.25, 0.3) is 0 Å². The van der Waals surface area contributed by atoms with E-state index in [4.69, 9.17) is 58.5 Å². The quantitative estimate of drug-likeness (QED) is 0.314. The average molecular weight is 481 g/mol. The highest BCUT2D eigenvalue weighted by Gasteiger charge is 2.50. The SMILES string of the molecule is CC(=O)OC[C@H]1O[C@H](O)[C@@H](NC(=O)OCC(Cl)(Cl)Cl)[C@@H](OC(C)=O)[C@H]1OC(C)=O. The molecule has 0 unspecified atom stereocenters. The predicted octanol–water partition coefficient (Wildman–Crippen LogP) is 0.595. The molecular formula is C15H20Cl3NO10. The molecule has 29 heavy (non-hydrogen) atoms. The Balaban J connectivity index is 3.06. The maximum atomic E-state index is 12.0. The van der Waals surface area contributed by atoms with Crippen molar-refractivity contribution in [1.29, 1.82) is 0 Å². The number of alkyl carbamates (subject to hydrolysis) is 1. The van der Waals surface area contributed by atoms with Crippen molar-refractivity contribution < 1.29 is 48.0 Å². The van der Waals surface area contributed by atoms with E-state index in [0.717, 1.165) is 20.8 Å². The fraction of sp³-hybridized carbons (Fsp3) is 0.733. The van der Waals surface area contributed by atoms with Crippen molar-refractivity contribution >= 4 is 58.8 Å². The van der Waals surface area contributed by atoms with Crippen molar-refractivity contribution in [2.45, 2.75) is 55.2 Å². The summed E-state index contributed by atoms with van der Waals surface area (Å²) in [6.07, 6.45) is -6.84. The van der Waals surface area contributed by atoms with Crippen molar-refractivity contribution in [3.05, 3.63) is 0 Å². The molecule has 1 saturated heterocycles. The molecule has 2 N–H and O–H groups in total. The predicted molar refractivity (Wildman–Crippen MR) is 97.2 cm³/mol. The van der Waals surface area contributed by atoms with Gasteiger partial charge >= 0.3 is 24.0 Å². The summed E-state index contributed by atoms with van der Waals surface area (Å²) in [5.41, 5.74) is 0. The molecule has 166 valence electrons. The first-order chi connectivity index (χ1) is 13.3. The maximum absolute atomic E-state index is 12.0. The molecule has 0 aliphatic carbocycles. The molecule has 11 nitrogen and oxygen atoms in total. The van der Waals surface area contributed by atoms with Crippen LogP contribution in [0.5, 0.6) is 0 Å². The van der Waals surface area contributed by atoms with Gasteiger partial charge in [0.05, 0.1) is 0 Å². The van der Waals surface area contributed by atoms with Crippen LogP contribution < -0.4 is 5.32 Å². The summed E-state index contributed by atoms with van der Waals surface area (Å²) >= 11 is 16.5. The molecule has 1 fully saturated rings. The molecule has 0 aromatic heterocycles. The van der Waals surface area contributed by atoms with E-state index in [1.165, 1.54) is 0 Å². The van der Waals surface area contributed by atoms with Gasteiger partial charge in [0, 0.05) is 20.8 Å². The first kappa shape index (κ1) is 25.5. The third kappa shape index (κ3) is 9.22. The smallest absolute Gasteiger partial charge is 0.407 e. The van der Waals surface area contributed by atoms with E-state index in [-0.39, 0.29) is 0 Å². The van der Waals surface area contributed by atoms with Gasteiger partial charge in [-0.2, -0.15) is 0 Å². The van der Waals surface area contributed by atoms with Crippen molar-refractivity contribution in [2.75, 3.05) is 13.2 Å². The zero-order chi connectivity index (χ0) is 22.4. The topological polar surface area (TPSA) is 147 Å². The van der Waals surface area contributed by atoms with Crippen LogP contribution in [0, 0.1) is 0 Å². The number of amides is 1. The van der Waals surface area contributed by atoms with Gasteiger partial charge in [-0.1, -0.05) is 34.8 Å². The molecule has 0 aromatic carbocycles. The molecule has 5 atom stereocenters. The Bertz CT molecular complexity index is 626. The van der Waals surface area contributed by atoms with Crippen LogP contribution in [0.15, 0.2) is 0 Å². The standard InChI is InChI=1S/C15H20Cl3NO10/c1-6(20)25-4-9-11(27-7(2)21)12(28-8(3)22)10(13(23)29-9)19-14(24)26-5-15(16,17)18/h9-13,23H,4-5H2,1-3H3,(H,19,24)/t9-,10+,11+,12-,13+/m1/s1. The summed E-state index contributed by atoms with van der Waals surface area (Å²) < 4.78 is 23.2. The molecule has 0 saturated carbocycles. The van der Waals surface area contributed by atoms with E-state index in [1.807, 2.05) is 0 Å². The second-order valence-corrected chi connectivity index (χ2v) is 8.39. The number of alkyl halides is 3. The number of hydrogen-bond donors (Lipinski definition) is 2. The number of carbonyl (C=O) groups excluding carboxylic acids is 4. The Morgan fingerprint density at radius 1 is 0.966 bits per heavy atom. The normalized spacial score (nSPS) is 26.8. The Morgan fingerprint density at radius 3 is 2.00 bits per heavy atom. The molecule has 1 aliphatic rings. The van der Waals surface area contributed by atoms with Crippen molar-refractivity contribution in [1.82, 2.24) is 5.32 Å². The van der Waals surface area contributed by atoms with E-state index in [1.54, 1.807) is 0 Å². The molecular weight excluding hydrogens is 461 g/mol. The minimum Gasteiger partial charge on any atom is -0.463 e. The number of aliphatic hydroxyl groups excluding tert-OH is 1. The molecule has 0 bridgehead atoms. The fourth-order valence-electron chi connectivity index (χ4n) is 2.40.